The molecule has 1 saturated carbocycles. The predicted octanol–water partition coefficient (Wildman–Crippen LogP) is 6.50. The van der Waals surface area contributed by atoms with Gasteiger partial charge in [0, 0.05) is 51.0 Å². The molecule has 0 radical (unpaired) electrons. The van der Waals surface area contributed by atoms with Crippen LogP contribution in [0.1, 0.15) is 82.9 Å². The smallest absolute Gasteiger partial charge is 0.381 e. The van der Waals surface area contributed by atoms with Crippen LogP contribution in [-0.4, -0.2) is 63.1 Å². The molecule has 1 N–H and O–H groups in total. The normalized spacial score (nSPS) is 20.3. The number of nitrogens with zero attached hydrogens (tertiary/aromatic N) is 4. The molecule has 10 heteroatoms. The van der Waals surface area contributed by atoms with Gasteiger partial charge in [-0.15, -0.1) is 0 Å². The van der Waals surface area contributed by atoms with E-state index >= 15 is 0 Å². The summed E-state index contributed by atoms with van der Waals surface area (Å²) in [7, 11) is 3.62. The van der Waals surface area contributed by atoms with Gasteiger partial charge in [0.25, 0.3) is 0 Å². The predicted molar refractivity (Wildman–Crippen MR) is 147 cm³/mol. The zero-order valence-corrected chi connectivity index (χ0v) is 23.9. The third-order valence-corrected chi connectivity index (χ3v) is 6.45. The number of nitrogens with one attached hydrogen (secondary N) is 1. The van der Waals surface area contributed by atoms with Gasteiger partial charge in [0.1, 0.15) is 6.67 Å². The van der Waals surface area contributed by atoms with Gasteiger partial charge >= 0.3 is 6.18 Å². The average molecular weight is 542 g/mol. The molecule has 2 aliphatic rings. The lowest BCUT2D eigenvalue weighted by atomic mass is 10.0. The highest BCUT2D eigenvalue weighted by Gasteiger charge is 2.35. The Bertz CT molecular complexity index is 871. The van der Waals surface area contributed by atoms with Crippen LogP contribution in [0.2, 0.25) is 0 Å². The SMILES string of the molecule is CC.CCC.CN=NC/N=C/c1cc(CNC(=O)[C@H]2CC[C@@H](N(C)C3CCOCC3)C2)cc(C(F)(F)F)c1. The Hall–Kier alpha value is -2.33. The van der Waals surface area contributed by atoms with Gasteiger partial charge in [0.05, 0.1) is 5.56 Å². The summed E-state index contributed by atoms with van der Waals surface area (Å²) in [6, 6.07) is 4.53. The Labute approximate surface area is 226 Å². The van der Waals surface area contributed by atoms with E-state index in [4.69, 9.17) is 4.74 Å². The van der Waals surface area contributed by atoms with Crippen molar-refractivity contribution < 1.29 is 22.7 Å². The monoisotopic (exact) mass is 541 g/mol. The largest absolute Gasteiger partial charge is 0.416 e. The van der Waals surface area contributed by atoms with E-state index in [1.165, 1.54) is 19.7 Å². The quantitative estimate of drug-likeness (QED) is 0.301. The van der Waals surface area contributed by atoms with Gasteiger partial charge < -0.3 is 15.0 Å². The summed E-state index contributed by atoms with van der Waals surface area (Å²) in [5.74, 6) is -0.225. The number of carbonyl (C=O) groups excluding carboxylic acids is 1. The number of ether oxygens (including phenoxy) is 1. The van der Waals surface area contributed by atoms with Crippen molar-refractivity contribution in [2.24, 2.45) is 21.1 Å². The molecule has 1 aliphatic carbocycles. The molecular weight excluding hydrogens is 495 g/mol. The second-order valence-corrected chi connectivity index (χ2v) is 9.35. The number of hydrogen-bond donors (Lipinski definition) is 1. The van der Waals surface area contributed by atoms with Crippen molar-refractivity contribution in [3.63, 3.8) is 0 Å². The van der Waals surface area contributed by atoms with Gasteiger partial charge in [-0.05, 0) is 68.5 Å². The number of azo groups is 1. The van der Waals surface area contributed by atoms with E-state index in [2.05, 4.69) is 46.3 Å². The number of halogens is 3. The zero-order valence-electron chi connectivity index (χ0n) is 23.9. The van der Waals surface area contributed by atoms with Crippen LogP contribution in [-0.2, 0) is 22.3 Å². The number of aliphatic imine (C=N–C) groups is 1. The van der Waals surface area contributed by atoms with Crippen LogP contribution >= 0.6 is 0 Å². The van der Waals surface area contributed by atoms with Gasteiger partial charge in [-0.25, -0.2) is 0 Å². The van der Waals surface area contributed by atoms with Crippen LogP contribution in [0.3, 0.4) is 0 Å². The van der Waals surface area contributed by atoms with Crippen molar-refractivity contribution in [2.75, 3.05) is 34.0 Å². The van der Waals surface area contributed by atoms with E-state index in [0.717, 1.165) is 57.5 Å². The molecule has 1 aromatic rings. The van der Waals surface area contributed by atoms with E-state index in [1.807, 2.05) is 13.8 Å². The molecule has 1 heterocycles. The molecule has 1 aliphatic heterocycles. The maximum Gasteiger partial charge on any atom is 0.416 e. The summed E-state index contributed by atoms with van der Waals surface area (Å²) in [4.78, 5) is 19.1. The van der Waals surface area contributed by atoms with Crippen molar-refractivity contribution in [2.45, 2.75) is 91.0 Å². The highest BCUT2D eigenvalue weighted by molar-refractivity contribution is 5.81. The second-order valence-electron chi connectivity index (χ2n) is 9.35. The third-order valence-electron chi connectivity index (χ3n) is 6.45. The summed E-state index contributed by atoms with van der Waals surface area (Å²) in [6.45, 7) is 9.88. The minimum Gasteiger partial charge on any atom is -0.381 e. The van der Waals surface area contributed by atoms with Gasteiger partial charge in [0.2, 0.25) is 5.91 Å². The molecule has 1 saturated heterocycles. The first-order valence-corrected chi connectivity index (χ1v) is 13.7. The maximum absolute atomic E-state index is 13.3. The Morgan fingerprint density at radius 2 is 1.76 bits per heavy atom. The Morgan fingerprint density at radius 3 is 2.37 bits per heavy atom. The van der Waals surface area contributed by atoms with Gasteiger partial charge in [-0.2, -0.15) is 23.4 Å². The van der Waals surface area contributed by atoms with Crippen molar-refractivity contribution in [1.29, 1.82) is 0 Å². The fourth-order valence-electron chi connectivity index (χ4n) is 4.59. The Kier molecular flexibility index (Phi) is 16.0. The molecular formula is C28H46F3N5O2. The standard InChI is InChI=1S/C23H32F3N5O2.C3H8.C2H6/c1-27-30-15-28-13-16-9-17(11-19(10-16)23(24,25)26)14-29-22(32)18-3-4-21(12-18)31(2)20-5-7-33-8-6-20;1-3-2;1-2/h9-11,13,18,20-21H,3-8,12,14-15H2,1-2H3,(H,29,32);3H2,1-2H3;1-2H3/b28-13+,30-27?;;/t18-,21+;;/m0../s1. The van der Waals surface area contributed by atoms with E-state index in [0.29, 0.717) is 23.2 Å². The highest BCUT2D eigenvalue weighted by atomic mass is 19.4. The minimum absolute atomic E-state index is 0.0369. The molecule has 0 bridgehead atoms. The van der Waals surface area contributed by atoms with Gasteiger partial charge in [-0.1, -0.05) is 34.1 Å². The van der Waals surface area contributed by atoms with Gasteiger partial charge in [-0.3, -0.25) is 9.79 Å². The van der Waals surface area contributed by atoms with E-state index in [1.54, 1.807) is 6.07 Å². The molecule has 2 atom stereocenters. The van der Waals surface area contributed by atoms with E-state index in [9.17, 15) is 18.0 Å². The van der Waals surface area contributed by atoms with Crippen molar-refractivity contribution in [3.05, 3.63) is 34.9 Å². The number of amides is 1. The van der Waals surface area contributed by atoms with Crippen LogP contribution < -0.4 is 5.32 Å². The number of alkyl halides is 3. The highest BCUT2D eigenvalue weighted by Crippen LogP contribution is 2.32. The van der Waals surface area contributed by atoms with Crippen LogP contribution in [0.25, 0.3) is 0 Å². The maximum atomic E-state index is 13.3. The molecule has 1 amide bonds. The molecule has 0 spiro atoms. The average Bonchev–Trinajstić information content (AvgIpc) is 3.41. The first-order chi connectivity index (χ1) is 18.2. The van der Waals surface area contributed by atoms with Crippen molar-refractivity contribution in [3.8, 4) is 0 Å². The molecule has 3 rings (SSSR count). The first kappa shape index (κ1) is 33.7. The minimum atomic E-state index is -4.49. The molecule has 7 nitrogen and oxygen atoms in total. The van der Waals surface area contributed by atoms with Gasteiger partial charge in [0.15, 0.2) is 0 Å². The van der Waals surface area contributed by atoms with Crippen molar-refractivity contribution >= 4 is 12.1 Å². The molecule has 216 valence electrons. The molecule has 1 aromatic carbocycles. The first-order valence-electron chi connectivity index (χ1n) is 13.7. The summed E-state index contributed by atoms with van der Waals surface area (Å²) < 4.78 is 45.4. The Morgan fingerprint density at radius 1 is 1.11 bits per heavy atom. The van der Waals surface area contributed by atoms with E-state index < -0.39 is 11.7 Å². The lowest BCUT2D eigenvalue weighted by Gasteiger charge is -2.35. The summed E-state index contributed by atoms with van der Waals surface area (Å²) in [6.07, 6.45) is 2.62. The number of hydrogen-bond acceptors (Lipinski definition) is 6. The summed E-state index contributed by atoms with van der Waals surface area (Å²) in [5.41, 5.74) is -0.0863. The second kappa shape index (κ2) is 18.0. The van der Waals surface area contributed by atoms with Crippen LogP contribution in [0, 0.1) is 5.92 Å². The fourth-order valence-corrected chi connectivity index (χ4v) is 4.59. The van der Waals surface area contributed by atoms with Crippen LogP contribution in [0.15, 0.2) is 33.4 Å². The van der Waals surface area contributed by atoms with Crippen LogP contribution in [0.5, 0.6) is 0 Å². The van der Waals surface area contributed by atoms with E-state index in [-0.39, 0.29) is 25.0 Å². The summed E-state index contributed by atoms with van der Waals surface area (Å²) >= 11 is 0. The number of rotatable bonds is 8. The van der Waals surface area contributed by atoms with Crippen LogP contribution in [0.4, 0.5) is 13.2 Å². The lowest BCUT2D eigenvalue weighted by Crippen LogP contribution is -2.42. The molecule has 0 aromatic heterocycles. The lowest BCUT2D eigenvalue weighted by molar-refractivity contribution is -0.137. The third kappa shape index (κ3) is 11.6. The molecule has 0 unspecified atom stereocenters. The zero-order chi connectivity index (χ0) is 28.6. The molecule has 2 fully saturated rings. The number of carbonyl (C=O) groups is 1. The number of benzene rings is 1. The summed E-state index contributed by atoms with van der Waals surface area (Å²) in [5, 5.41) is 10.1. The Balaban J connectivity index is 0.00000135. The fraction of sp³-hybridized carbons (Fsp3) is 0.714. The topological polar surface area (TPSA) is 78.7 Å². The van der Waals surface area contributed by atoms with Crippen molar-refractivity contribution in [1.82, 2.24) is 10.2 Å². The molecule has 38 heavy (non-hydrogen) atoms.